The van der Waals surface area contributed by atoms with E-state index in [-0.39, 0.29) is 0 Å². The molecule has 2 rings (SSSR count). The molecule has 0 radical (unpaired) electrons. The number of hydrogen-bond donors (Lipinski definition) is 0. The van der Waals surface area contributed by atoms with Crippen LogP contribution in [0.3, 0.4) is 0 Å². The Morgan fingerprint density at radius 2 is 1.81 bits per heavy atom. The van der Waals surface area contributed by atoms with Crippen molar-refractivity contribution >= 4 is 34.2 Å². The summed E-state index contributed by atoms with van der Waals surface area (Å²) in [5.74, 6) is 0.734. The van der Waals surface area contributed by atoms with Crippen LogP contribution < -0.4 is 4.74 Å². The van der Waals surface area contributed by atoms with Crippen molar-refractivity contribution in [3.05, 3.63) is 62.7 Å². The molecule has 0 fully saturated rings. The summed E-state index contributed by atoms with van der Waals surface area (Å²) >= 11 is 8.27. The third kappa shape index (κ3) is 3.12. The van der Waals surface area contributed by atoms with Crippen molar-refractivity contribution in [3.8, 4) is 5.75 Å². The van der Waals surface area contributed by atoms with Gasteiger partial charge in [-0.1, -0.05) is 41.9 Å². The molecule has 0 unspecified atom stereocenters. The molecule has 1 nitrogen and oxygen atoms in total. The zero-order chi connectivity index (χ0) is 11.4. The molecule has 0 aliphatic rings. The Morgan fingerprint density at radius 1 is 1.06 bits per heavy atom. The first-order valence-corrected chi connectivity index (χ1v) is 6.33. The molecule has 16 heavy (non-hydrogen) atoms. The maximum absolute atomic E-state index is 6.03. The summed E-state index contributed by atoms with van der Waals surface area (Å²) in [5.41, 5.74) is 1.14. The minimum absolute atomic E-state index is 0.542. The molecule has 0 saturated carbocycles. The van der Waals surface area contributed by atoms with Crippen LogP contribution in [0.4, 0.5) is 0 Å². The summed E-state index contributed by atoms with van der Waals surface area (Å²) in [6, 6.07) is 15.8. The van der Waals surface area contributed by atoms with E-state index in [4.69, 9.17) is 16.3 Å². The Bertz CT molecular complexity index is 471. The van der Waals surface area contributed by atoms with Gasteiger partial charge in [-0.15, -0.1) is 0 Å². The average molecular weight is 345 g/mol. The third-order valence-electron chi connectivity index (χ3n) is 2.13. The summed E-state index contributed by atoms with van der Waals surface area (Å²) in [7, 11) is 0. The summed E-state index contributed by atoms with van der Waals surface area (Å²) < 4.78 is 6.78. The number of benzene rings is 2. The molecule has 0 atom stereocenters. The first-order valence-electron chi connectivity index (χ1n) is 4.87. The van der Waals surface area contributed by atoms with E-state index in [2.05, 4.69) is 22.6 Å². The van der Waals surface area contributed by atoms with Gasteiger partial charge in [0.2, 0.25) is 0 Å². The van der Waals surface area contributed by atoms with Gasteiger partial charge < -0.3 is 4.74 Å². The van der Waals surface area contributed by atoms with Crippen LogP contribution in [0.5, 0.6) is 5.75 Å². The number of halogens is 2. The van der Waals surface area contributed by atoms with E-state index >= 15 is 0 Å². The van der Waals surface area contributed by atoms with Crippen LogP contribution in [0.15, 0.2) is 48.5 Å². The van der Waals surface area contributed by atoms with E-state index in [1.165, 1.54) is 0 Å². The summed E-state index contributed by atoms with van der Waals surface area (Å²) in [5, 5.41) is 0.649. The molecule has 3 heteroatoms. The second kappa shape index (κ2) is 5.55. The Kier molecular flexibility index (Phi) is 4.07. The van der Waals surface area contributed by atoms with Crippen LogP contribution in [0.1, 0.15) is 5.56 Å². The van der Waals surface area contributed by atoms with Gasteiger partial charge in [-0.25, -0.2) is 0 Å². The molecular formula is C13H10ClIO. The molecule has 0 amide bonds. The van der Waals surface area contributed by atoms with Crippen molar-refractivity contribution in [1.82, 2.24) is 0 Å². The normalized spacial score (nSPS) is 10.1. The van der Waals surface area contributed by atoms with Gasteiger partial charge in [-0.3, -0.25) is 0 Å². The van der Waals surface area contributed by atoms with E-state index in [9.17, 15) is 0 Å². The summed E-state index contributed by atoms with van der Waals surface area (Å²) in [6.45, 7) is 0.542. The zero-order valence-electron chi connectivity index (χ0n) is 8.49. The lowest BCUT2D eigenvalue weighted by atomic mass is 10.2. The Labute approximate surface area is 114 Å². The number of ether oxygens (including phenoxy) is 1. The first kappa shape index (κ1) is 11.7. The fourth-order valence-electron chi connectivity index (χ4n) is 1.32. The second-order valence-corrected chi connectivity index (χ2v) is 5.00. The van der Waals surface area contributed by atoms with E-state index in [0.717, 1.165) is 14.9 Å². The SMILES string of the molecule is Clc1ccc(I)cc1OCc1ccccc1. The molecule has 0 N–H and O–H groups in total. The van der Waals surface area contributed by atoms with Gasteiger partial charge in [0.1, 0.15) is 12.4 Å². The van der Waals surface area contributed by atoms with Crippen molar-refractivity contribution in [1.29, 1.82) is 0 Å². The molecule has 0 aromatic heterocycles. The van der Waals surface area contributed by atoms with Gasteiger partial charge in [-0.05, 0) is 46.4 Å². The summed E-state index contributed by atoms with van der Waals surface area (Å²) in [6.07, 6.45) is 0. The Hall–Kier alpha value is -0.740. The highest BCUT2D eigenvalue weighted by Gasteiger charge is 2.02. The van der Waals surface area contributed by atoms with Gasteiger partial charge in [0.15, 0.2) is 0 Å². The molecule has 0 aliphatic carbocycles. The van der Waals surface area contributed by atoms with Gasteiger partial charge in [-0.2, -0.15) is 0 Å². The maximum Gasteiger partial charge on any atom is 0.139 e. The van der Waals surface area contributed by atoms with Crippen molar-refractivity contribution in [2.45, 2.75) is 6.61 Å². The van der Waals surface area contributed by atoms with Gasteiger partial charge in [0.25, 0.3) is 0 Å². The molecule has 0 bridgehead atoms. The fraction of sp³-hybridized carbons (Fsp3) is 0.0769. The minimum atomic E-state index is 0.542. The van der Waals surface area contributed by atoms with Gasteiger partial charge in [0, 0.05) is 3.57 Å². The predicted molar refractivity (Wildman–Crippen MR) is 74.9 cm³/mol. The third-order valence-corrected chi connectivity index (χ3v) is 3.11. The predicted octanol–water partition coefficient (Wildman–Crippen LogP) is 4.52. The van der Waals surface area contributed by atoms with Crippen molar-refractivity contribution in [2.75, 3.05) is 0 Å². The van der Waals surface area contributed by atoms with E-state index < -0.39 is 0 Å². The lowest BCUT2D eigenvalue weighted by Gasteiger charge is -2.08. The molecular weight excluding hydrogens is 334 g/mol. The average Bonchev–Trinajstić information content (AvgIpc) is 2.32. The zero-order valence-corrected chi connectivity index (χ0v) is 11.4. The molecule has 2 aromatic carbocycles. The van der Waals surface area contributed by atoms with Crippen LogP contribution in [0, 0.1) is 3.57 Å². The highest BCUT2D eigenvalue weighted by atomic mass is 127. The van der Waals surface area contributed by atoms with Crippen molar-refractivity contribution < 1.29 is 4.74 Å². The largest absolute Gasteiger partial charge is 0.487 e. The van der Waals surface area contributed by atoms with E-state index in [1.807, 2.05) is 48.5 Å². The van der Waals surface area contributed by atoms with E-state index in [1.54, 1.807) is 0 Å². The topological polar surface area (TPSA) is 9.23 Å². The maximum atomic E-state index is 6.03. The van der Waals surface area contributed by atoms with Crippen LogP contribution in [0.25, 0.3) is 0 Å². The molecule has 0 spiro atoms. The molecule has 82 valence electrons. The molecule has 2 aromatic rings. The summed E-state index contributed by atoms with van der Waals surface area (Å²) in [4.78, 5) is 0. The van der Waals surface area contributed by atoms with Crippen LogP contribution in [-0.2, 0) is 6.61 Å². The Morgan fingerprint density at radius 3 is 2.56 bits per heavy atom. The lowest BCUT2D eigenvalue weighted by Crippen LogP contribution is -1.95. The standard InChI is InChI=1S/C13H10ClIO/c14-12-7-6-11(15)8-13(12)16-9-10-4-2-1-3-5-10/h1-8H,9H2. The van der Waals surface area contributed by atoms with Crippen LogP contribution >= 0.6 is 34.2 Å². The highest BCUT2D eigenvalue weighted by Crippen LogP contribution is 2.26. The number of hydrogen-bond acceptors (Lipinski definition) is 1. The molecule has 0 aliphatic heterocycles. The van der Waals surface area contributed by atoms with E-state index in [0.29, 0.717) is 11.6 Å². The highest BCUT2D eigenvalue weighted by molar-refractivity contribution is 14.1. The molecule has 0 heterocycles. The smallest absolute Gasteiger partial charge is 0.139 e. The first-order chi connectivity index (χ1) is 7.75. The quantitative estimate of drug-likeness (QED) is 0.744. The second-order valence-electron chi connectivity index (χ2n) is 3.35. The minimum Gasteiger partial charge on any atom is -0.487 e. The van der Waals surface area contributed by atoms with Crippen molar-refractivity contribution in [3.63, 3.8) is 0 Å². The monoisotopic (exact) mass is 344 g/mol. The number of rotatable bonds is 3. The lowest BCUT2D eigenvalue weighted by molar-refractivity contribution is 0.306. The van der Waals surface area contributed by atoms with Crippen molar-refractivity contribution in [2.24, 2.45) is 0 Å². The van der Waals surface area contributed by atoms with Gasteiger partial charge >= 0.3 is 0 Å². The fourth-order valence-corrected chi connectivity index (χ4v) is 1.96. The van der Waals surface area contributed by atoms with Crippen LogP contribution in [-0.4, -0.2) is 0 Å². The Balaban J connectivity index is 2.08. The molecule has 0 saturated heterocycles. The van der Waals surface area contributed by atoms with Gasteiger partial charge in [0.05, 0.1) is 5.02 Å². The van der Waals surface area contributed by atoms with Crippen LogP contribution in [0.2, 0.25) is 5.02 Å².